The Labute approximate surface area is 232 Å². The van der Waals surface area contributed by atoms with Gasteiger partial charge in [0, 0.05) is 38.0 Å². The number of carbonyl (C=O) groups excluding carboxylic acids is 7. The smallest absolute Gasteiger partial charge is 0.336 e. The molecule has 0 aromatic carbocycles. The van der Waals surface area contributed by atoms with Crippen LogP contribution in [0.25, 0.3) is 0 Å². The first kappa shape index (κ1) is 34.5. The predicted octanol–water partition coefficient (Wildman–Crippen LogP) is 1.30. The molecule has 1 aliphatic heterocycles. The fraction of sp³-hybridized carbons (Fsp3) is 0.708. The highest BCUT2D eigenvalue weighted by Crippen LogP contribution is 2.21. The Hall–Kier alpha value is -2.49. The van der Waals surface area contributed by atoms with E-state index < -0.39 is 53.9 Å². The molecule has 0 aromatic rings. The van der Waals surface area contributed by atoms with E-state index in [1.807, 2.05) is 23.4 Å². The minimum absolute atomic E-state index is 0.0769. The standard InChI is InChI=1S/C24H39N3O10P2/c1-3-15(6-4-5-13-25-2)23(33)26-17(8-12-22(32)37-39)18(28)14-16(7-11-21(31)36-38)24(34)35-27-19(29)9-10-20(27)30/h15-17,25H,3-14,38-39H2,1-2H3,(H,26,33)/t15-,16?,17?/m0/s1. The molecule has 0 radical (unpaired) electrons. The molecule has 1 heterocycles. The molecule has 15 heteroatoms. The van der Waals surface area contributed by atoms with Crippen LogP contribution in [0.5, 0.6) is 0 Å². The summed E-state index contributed by atoms with van der Waals surface area (Å²) in [6.07, 6.45) is 1.48. The molecule has 0 spiro atoms. The second kappa shape index (κ2) is 18.7. The molecule has 1 saturated heterocycles. The van der Waals surface area contributed by atoms with Gasteiger partial charge in [-0.25, -0.2) is 4.79 Å². The minimum atomic E-state index is -1.22. The zero-order chi connectivity index (χ0) is 29.4. The van der Waals surface area contributed by atoms with Gasteiger partial charge in [0.1, 0.15) is 0 Å². The van der Waals surface area contributed by atoms with Crippen molar-refractivity contribution in [2.24, 2.45) is 11.8 Å². The van der Waals surface area contributed by atoms with E-state index in [2.05, 4.69) is 19.7 Å². The summed E-state index contributed by atoms with van der Waals surface area (Å²) < 4.78 is 9.10. The number of nitrogens with zero attached hydrogens (tertiary/aromatic N) is 1. The number of nitrogens with one attached hydrogen (secondary N) is 2. The Morgan fingerprint density at radius 3 is 2.03 bits per heavy atom. The van der Waals surface area contributed by atoms with Gasteiger partial charge < -0.3 is 24.5 Å². The summed E-state index contributed by atoms with van der Waals surface area (Å²) in [5.41, 5.74) is 0. The van der Waals surface area contributed by atoms with Gasteiger partial charge in [-0.15, -0.1) is 5.06 Å². The molecular formula is C24H39N3O10P2. The molecule has 0 aromatic heterocycles. The third-order valence-corrected chi connectivity index (χ3v) is 6.89. The van der Waals surface area contributed by atoms with Gasteiger partial charge in [0.25, 0.3) is 11.8 Å². The minimum Gasteiger partial charge on any atom is -0.452 e. The number of unbranched alkanes of at least 4 members (excludes halogenated alkanes) is 1. The van der Waals surface area contributed by atoms with Crippen LogP contribution in [0.4, 0.5) is 0 Å². The number of amides is 3. The molecule has 2 N–H and O–H groups in total. The highest BCUT2D eigenvalue weighted by molar-refractivity contribution is 7.11. The first-order valence-corrected chi connectivity index (χ1v) is 13.9. The molecule has 0 aliphatic carbocycles. The van der Waals surface area contributed by atoms with Crippen LogP contribution in [-0.2, 0) is 47.4 Å². The van der Waals surface area contributed by atoms with Gasteiger partial charge in [-0.2, -0.15) is 0 Å². The van der Waals surface area contributed by atoms with Crippen LogP contribution < -0.4 is 10.6 Å². The lowest BCUT2D eigenvalue weighted by Gasteiger charge is -2.23. The number of ketones is 1. The number of hydrogen-bond donors (Lipinski definition) is 2. The Morgan fingerprint density at radius 2 is 1.49 bits per heavy atom. The van der Waals surface area contributed by atoms with Crippen molar-refractivity contribution in [1.82, 2.24) is 15.7 Å². The maximum absolute atomic E-state index is 13.3. The molecule has 0 bridgehead atoms. The van der Waals surface area contributed by atoms with Crippen LogP contribution in [0.1, 0.15) is 77.6 Å². The van der Waals surface area contributed by atoms with Gasteiger partial charge in [0.05, 0.1) is 30.9 Å². The van der Waals surface area contributed by atoms with Gasteiger partial charge in [-0.3, -0.25) is 28.8 Å². The fourth-order valence-corrected chi connectivity index (χ4v) is 4.23. The molecule has 4 unspecified atom stereocenters. The predicted molar refractivity (Wildman–Crippen MR) is 144 cm³/mol. The average molecular weight is 592 g/mol. The molecule has 1 rings (SSSR count). The SMILES string of the molecule is CC[C@@H](CCCCNC)C(=O)NC(CCC(=O)OP)C(=O)CC(CCC(=O)OP)C(=O)ON1C(=O)CCC1=O. The number of imide groups is 1. The second-order valence-electron chi connectivity index (χ2n) is 9.18. The number of hydrogen-bond acceptors (Lipinski definition) is 11. The van der Waals surface area contributed by atoms with Crippen molar-refractivity contribution in [1.29, 1.82) is 0 Å². The van der Waals surface area contributed by atoms with Gasteiger partial charge in [-0.05, 0) is 45.7 Å². The van der Waals surface area contributed by atoms with E-state index in [9.17, 15) is 33.6 Å². The molecule has 3 amide bonds. The highest BCUT2D eigenvalue weighted by atomic mass is 31.0. The number of Topliss-reactive ketones (excluding diaryl/α,β-unsaturated/α-hetero) is 1. The zero-order valence-electron chi connectivity index (χ0n) is 22.4. The molecule has 1 aliphatic rings. The Kier molecular flexibility index (Phi) is 16.6. The normalized spacial score (nSPS) is 15.3. The van der Waals surface area contributed by atoms with Gasteiger partial charge >= 0.3 is 17.9 Å². The third-order valence-electron chi connectivity index (χ3n) is 6.36. The Balaban J connectivity index is 3.03. The van der Waals surface area contributed by atoms with Crippen LogP contribution in [0, 0.1) is 11.8 Å². The zero-order valence-corrected chi connectivity index (χ0v) is 24.7. The quantitative estimate of drug-likeness (QED) is 0.126. The van der Waals surface area contributed by atoms with Crippen molar-refractivity contribution < 1.29 is 47.4 Å². The van der Waals surface area contributed by atoms with Crippen molar-refractivity contribution in [2.45, 2.75) is 83.6 Å². The maximum Gasteiger partial charge on any atom is 0.336 e. The summed E-state index contributed by atoms with van der Waals surface area (Å²) in [5.74, 6) is -6.21. The van der Waals surface area contributed by atoms with Crippen molar-refractivity contribution >= 4 is 60.3 Å². The number of hydroxylamine groups is 2. The first-order valence-electron chi connectivity index (χ1n) is 12.9. The van der Waals surface area contributed by atoms with E-state index in [4.69, 9.17) is 4.84 Å². The molecule has 1 fully saturated rings. The van der Waals surface area contributed by atoms with E-state index >= 15 is 0 Å². The third kappa shape index (κ3) is 12.5. The number of carbonyl (C=O) groups is 7. The van der Waals surface area contributed by atoms with E-state index in [0.717, 1.165) is 19.4 Å². The summed E-state index contributed by atoms with van der Waals surface area (Å²) in [4.78, 5) is 91.4. The molecule has 5 atom stereocenters. The van der Waals surface area contributed by atoms with Crippen molar-refractivity contribution in [2.75, 3.05) is 13.6 Å². The van der Waals surface area contributed by atoms with E-state index in [1.165, 1.54) is 0 Å². The van der Waals surface area contributed by atoms with Gasteiger partial charge in [-0.1, -0.05) is 13.3 Å². The molecule has 39 heavy (non-hydrogen) atoms. The lowest BCUT2D eigenvalue weighted by molar-refractivity contribution is -0.201. The molecule has 0 saturated carbocycles. The van der Waals surface area contributed by atoms with E-state index in [-0.39, 0.29) is 50.4 Å². The second-order valence-corrected chi connectivity index (χ2v) is 9.65. The summed E-state index contributed by atoms with van der Waals surface area (Å²) >= 11 is 0. The fourth-order valence-electron chi connectivity index (χ4n) is 4.00. The van der Waals surface area contributed by atoms with E-state index in [0.29, 0.717) is 17.9 Å². The van der Waals surface area contributed by atoms with Crippen molar-refractivity contribution in [3.63, 3.8) is 0 Å². The largest absolute Gasteiger partial charge is 0.452 e. The molecular weight excluding hydrogens is 552 g/mol. The lowest BCUT2D eigenvalue weighted by Crippen LogP contribution is -2.45. The topological polar surface area (TPSA) is 174 Å². The Morgan fingerprint density at radius 1 is 0.897 bits per heavy atom. The first-order chi connectivity index (χ1) is 18.6. The van der Waals surface area contributed by atoms with Crippen molar-refractivity contribution in [3.05, 3.63) is 0 Å². The average Bonchev–Trinajstić information content (AvgIpc) is 3.24. The van der Waals surface area contributed by atoms with Crippen LogP contribution >= 0.6 is 18.9 Å². The molecule has 220 valence electrons. The number of rotatable bonds is 19. The molecule has 13 nitrogen and oxygen atoms in total. The maximum atomic E-state index is 13.3. The lowest BCUT2D eigenvalue weighted by atomic mass is 9.91. The van der Waals surface area contributed by atoms with E-state index in [1.54, 1.807) is 9.47 Å². The van der Waals surface area contributed by atoms with Crippen LogP contribution in [0.15, 0.2) is 0 Å². The summed E-state index contributed by atoms with van der Waals surface area (Å²) in [6, 6.07) is -1.12. The summed E-state index contributed by atoms with van der Waals surface area (Å²) in [5, 5.41) is 6.12. The van der Waals surface area contributed by atoms with Crippen molar-refractivity contribution in [3.8, 4) is 0 Å². The summed E-state index contributed by atoms with van der Waals surface area (Å²) in [6.45, 7) is 2.68. The Bertz CT molecular complexity index is 885. The van der Waals surface area contributed by atoms with Crippen LogP contribution in [-0.4, -0.2) is 66.1 Å². The highest BCUT2D eigenvalue weighted by Gasteiger charge is 2.36. The summed E-state index contributed by atoms with van der Waals surface area (Å²) in [7, 11) is 5.44. The van der Waals surface area contributed by atoms with Gasteiger partial charge in [0.2, 0.25) is 5.91 Å². The van der Waals surface area contributed by atoms with Crippen LogP contribution in [0.2, 0.25) is 0 Å². The van der Waals surface area contributed by atoms with Gasteiger partial charge in [0.15, 0.2) is 5.78 Å². The van der Waals surface area contributed by atoms with Crippen LogP contribution in [0.3, 0.4) is 0 Å². The monoisotopic (exact) mass is 591 g/mol.